The number of fused-ring (bicyclic) bond motifs is 2. The van der Waals surface area contributed by atoms with Gasteiger partial charge in [0, 0.05) is 18.3 Å². The van der Waals surface area contributed by atoms with E-state index in [-0.39, 0.29) is 17.6 Å². The van der Waals surface area contributed by atoms with E-state index in [0.717, 1.165) is 31.3 Å². The van der Waals surface area contributed by atoms with Crippen molar-refractivity contribution >= 4 is 5.97 Å². The molecule has 3 saturated heterocycles. The quantitative estimate of drug-likeness (QED) is 0.546. The van der Waals surface area contributed by atoms with Crippen molar-refractivity contribution in [3.63, 3.8) is 0 Å². The number of rotatable bonds is 1. The predicted molar refractivity (Wildman–Crippen MR) is 78.6 cm³/mol. The van der Waals surface area contributed by atoms with Crippen LogP contribution >= 0.6 is 0 Å². The molecule has 0 amide bonds. The summed E-state index contributed by atoms with van der Waals surface area (Å²) in [5.41, 5.74) is 0.206. The lowest BCUT2D eigenvalue weighted by Crippen LogP contribution is -2.66. The smallest absolute Gasteiger partial charge is 0.373 e. The number of carbonyl (C=O) groups excluding carboxylic acids is 1. The molecule has 23 heavy (non-hydrogen) atoms. The van der Waals surface area contributed by atoms with Gasteiger partial charge in [-0.05, 0) is 44.6 Å². The second-order valence-electron chi connectivity index (χ2n) is 7.48. The van der Waals surface area contributed by atoms with E-state index in [0.29, 0.717) is 5.92 Å². The van der Waals surface area contributed by atoms with Crippen LogP contribution in [-0.2, 0) is 28.8 Å². The van der Waals surface area contributed by atoms with Crippen LogP contribution < -0.4 is 0 Å². The summed E-state index contributed by atoms with van der Waals surface area (Å²) in [6.07, 6.45) is 3.10. The van der Waals surface area contributed by atoms with Crippen molar-refractivity contribution in [1.82, 2.24) is 0 Å². The number of hydrogen-bond acceptors (Lipinski definition) is 6. The zero-order chi connectivity index (χ0) is 16.4. The molecule has 5 aliphatic rings. The minimum absolute atomic E-state index is 0.0409. The van der Waals surface area contributed by atoms with Gasteiger partial charge in [0.2, 0.25) is 17.8 Å². The lowest BCUT2D eigenvalue weighted by Gasteiger charge is -2.56. The second kappa shape index (κ2) is 4.94. The average molecular weight is 324 g/mol. The monoisotopic (exact) mass is 324 g/mol. The minimum atomic E-state index is -0.829. The fraction of sp³-hybridized carbons (Fsp3) is 0.824. The molecule has 5 rings (SSSR count). The van der Waals surface area contributed by atoms with Gasteiger partial charge in [-0.3, -0.25) is 0 Å². The third-order valence-electron chi connectivity index (χ3n) is 6.19. The molecule has 0 aromatic rings. The van der Waals surface area contributed by atoms with Crippen LogP contribution in [0.15, 0.2) is 11.3 Å². The molecule has 4 heterocycles. The normalized spacial score (nSPS) is 48.3. The maximum Gasteiger partial charge on any atom is 0.373 e. The molecule has 1 saturated carbocycles. The van der Waals surface area contributed by atoms with Crippen molar-refractivity contribution in [3.8, 4) is 0 Å². The Kier molecular flexibility index (Phi) is 3.31. The highest BCUT2D eigenvalue weighted by molar-refractivity contribution is 5.87. The Morgan fingerprint density at radius 3 is 2.78 bits per heavy atom. The van der Waals surface area contributed by atoms with Gasteiger partial charge < -0.3 is 14.2 Å². The van der Waals surface area contributed by atoms with Crippen LogP contribution in [0, 0.1) is 17.8 Å². The van der Waals surface area contributed by atoms with E-state index in [2.05, 4.69) is 6.92 Å². The first-order valence-corrected chi connectivity index (χ1v) is 8.41. The molecule has 128 valence electrons. The molecule has 2 unspecified atom stereocenters. The van der Waals surface area contributed by atoms with E-state index >= 15 is 0 Å². The maximum atomic E-state index is 12.1. The third-order valence-corrected chi connectivity index (χ3v) is 6.19. The number of ether oxygens (including phenoxy) is 3. The minimum Gasteiger partial charge on any atom is -0.463 e. The average Bonchev–Trinajstić information content (AvgIpc) is 2.76. The second-order valence-corrected chi connectivity index (χ2v) is 7.48. The number of hydrogen-bond donors (Lipinski definition) is 0. The zero-order valence-electron chi connectivity index (χ0n) is 14.1. The Morgan fingerprint density at radius 2 is 2.04 bits per heavy atom. The molecule has 0 aromatic heterocycles. The molecule has 4 fully saturated rings. The molecular weight excluding hydrogens is 300 g/mol. The molecule has 0 N–H and O–H groups in total. The standard InChI is InChI=1S/C17H24O6/c1-9-5-6-12-10(2)13(14(18)19-4)20-15-17(12)11(9)7-8-16(3,21-15)22-23-17/h9,11-12,15H,5-8H2,1-4H3/t9-,11+,12+,15?,16?,17-/m1/s1. The predicted octanol–water partition coefficient (Wildman–Crippen LogP) is 2.68. The van der Waals surface area contributed by atoms with Crippen LogP contribution in [0.3, 0.4) is 0 Å². The van der Waals surface area contributed by atoms with Crippen LogP contribution in [0.4, 0.5) is 0 Å². The highest BCUT2D eigenvalue weighted by Crippen LogP contribution is 2.60. The Hall–Kier alpha value is -1.11. The Bertz CT molecular complexity index is 571. The summed E-state index contributed by atoms with van der Waals surface area (Å²) in [5.74, 6) is -0.200. The van der Waals surface area contributed by atoms with Gasteiger partial charge in [0.15, 0.2) is 5.60 Å². The lowest BCUT2D eigenvalue weighted by molar-refractivity contribution is -0.556. The highest BCUT2D eigenvalue weighted by Gasteiger charge is 2.68. The van der Waals surface area contributed by atoms with Gasteiger partial charge in [0.25, 0.3) is 0 Å². The first kappa shape index (κ1) is 15.4. The van der Waals surface area contributed by atoms with Crippen LogP contribution in [-0.4, -0.2) is 30.8 Å². The van der Waals surface area contributed by atoms with E-state index < -0.39 is 23.6 Å². The van der Waals surface area contributed by atoms with E-state index in [9.17, 15) is 4.79 Å². The van der Waals surface area contributed by atoms with Crippen LogP contribution in [0.1, 0.15) is 46.5 Å². The third kappa shape index (κ3) is 1.95. The van der Waals surface area contributed by atoms with Gasteiger partial charge in [0.1, 0.15) is 0 Å². The van der Waals surface area contributed by atoms with Gasteiger partial charge in [-0.2, -0.15) is 0 Å². The summed E-state index contributed by atoms with van der Waals surface area (Å²) in [5, 5.41) is 0. The van der Waals surface area contributed by atoms with Crippen molar-refractivity contribution in [2.24, 2.45) is 17.8 Å². The first-order chi connectivity index (χ1) is 10.9. The van der Waals surface area contributed by atoms with Gasteiger partial charge in [-0.25, -0.2) is 14.6 Å². The van der Waals surface area contributed by atoms with Gasteiger partial charge in [-0.1, -0.05) is 6.92 Å². The first-order valence-electron chi connectivity index (χ1n) is 8.41. The number of esters is 1. The molecule has 2 bridgehead atoms. The van der Waals surface area contributed by atoms with Crippen LogP contribution in [0.25, 0.3) is 0 Å². The van der Waals surface area contributed by atoms with Gasteiger partial charge in [-0.15, -0.1) is 0 Å². The van der Waals surface area contributed by atoms with E-state index in [4.69, 9.17) is 24.0 Å². The summed E-state index contributed by atoms with van der Waals surface area (Å²) in [4.78, 5) is 23.8. The van der Waals surface area contributed by atoms with Crippen molar-refractivity contribution in [1.29, 1.82) is 0 Å². The van der Waals surface area contributed by atoms with E-state index in [1.165, 1.54) is 7.11 Å². The van der Waals surface area contributed by atoms with Crippen molar-refractivity contribution in [2.45, 2.75) is 64.1 Å². The van der Waals surface area contributed by atoms with Gasteiger partial charge in [0.05, 0.1) is 7.11 Å². The largest absolute Gasteiger partial charge is 0.463 e. The molecule has 1 aliphatic carbocycles. The molecule has 6 atom stereocenters. The van der Waals surface area contributed by atoms with Gasteiger partial charge >= 0.3 is 5.97 Å². The SMILES string of the molecule is COC(=O)C1=C(C)[C@@H]2CC[C@@H](C)[C@@H]3CCC4(C)OO[C@@]23C(O1)O4. The topological polar surface area (TPSA) is 63.2 Å². The molecule has 0 aromatic carbocycles. The molecular formula is C17H24O6. The summed E-state index contributed by atoms with van der Waals surface area (Å²) < 4.78 is 17.0. The fourth-order valence-electron chi connectivity index (χ4n) is 4.92. The highest BCUT2D eigenvalue weighted by atomic mass is 17.3. The molecule has 4 aliphatic heterocycles. The summed E-state index contributed by atoms with van der Waals surface area (Å²) in [6, 6.07) is 0. The van der Waals surface area contributed by atoms with E-state index in [1.807, 2.05) is 13.8 Å². The Labute approximate surface area is 136 Å². The Morgan fingerprint density at radius 1 is 1.26 bits per heavy atom. The maximum absolute atomic E-state index is 12.1. The molecule has 1 spiro atoms. The molecule has 6 heteroatoms. The van der Waals surface area contributed by atoms with Crippen molar-refractivity contribution in [3.05, 3.63) is 11.3 Å². The van der Waals surface area contributed by atoms with E-state index in [1.54, 1.807) is 0 Å². The summed E-state index contributed by atoms with van der Waals surface area (Å²) in [6.45, 7) is 6.05. The van der Waals surface area contributed by atoms with Crippen molar-refractivity contribution < 1.29 is 28.8 Å². The van der Waals surface area contributed by atoms with Crippen molar-refractivity contribution in [2.75, 3.05) is 7.11 Å². The van der Waals surface area contributed by atoms with Crippen LogP contribution in [0.2, 0.25) is 0 Å². The van der Waals surface area contributed by atoms with Crippen LogP contribution in [0.5, 0.6) is 0 Å². The molecule has 6 nitrogen and oxygen atoms in total. The summed E-state index contributed by atoms with van der Waals surface area (Å²) in [7, 11) is 1.36. The zero-order valence-corrected chi connectivity index (χ0v) is 14.1. The molecule has 0 radical (unpaired) electrons. The lowest BCUT2D eigenvalue weighted by atomic mass is 9.59. The Balaban J connectivity index is 1.85. The summed E-state index contributed by atoms with van der Waals surface area (Å²) >= 11 is 0. The number of carbonyl (C=O) groups is 1. The fourth-order valence-corrected chi connectivity index (χ4v) is 4.92. The number of methoxy groups -OCH3 is 1.